The van der Waals surface area contributed by atoms with Crippen LogP contribution in [0.3, 0.4) is 0 Å². The molecule has 2 unspecified atom stereocenters. The third-order valence-electron chi connectivity index (χ3n) is 5.84. The molecular weight excluding hydrogens is 398 g/mol. The Bertz CT molecular complexity index is 784. The first-order valence-corrected chi connectivity index (χ1v) is 11.4. The van der Waals surface area contributed by atoms with E-state index in [1.165, 1.54) is 17.1 Å². The lowest BCUT2D eigenvalue weighted by atomic mass is 9.89. The standard InChI is InChI=1S/C20H31N3O3S.ClH/c1-4-23(5-2)27(25,26)19-13-18(7-6-14(19)3)22-20(24)12-15-10-16-8-9-17(11-15)21-16;/h6-7,13,15-17,21H,4-5,8-12H2,1-3H3,(H,22,24);1H. The van der Waals surface area contributed by atoms with Crippen LogP contribution in [0.4, 0.5) is 5.69 Å². The van der Waals surface area contributed by atoms with Crippen LogP contribution in [-0.2, 0) is 14.8 Å². The van der Waals surface area contributed by atoms with Gasteiger partial charge in [0.2, 0.25) is 15.9 Å². The first kappa shape index (κ1) is 23.1. The summed E-state index contributed by atoms with van der Waals surface area (Å²) < 4.78 is 27.1. The highest BCUT2D eigenvalue weighted by molar-refractivity contribution is 7.89. The first-order chi connectivity index (χ1) is 12.8. The third kappa shape index (κ3) is 5.06. The summed E-state index contributed by atoms with van der Waals surface area (Å²) in [6.45, 7) is 6.29. The summed E-state index contributed by atoms with van der Waals surface area (Å²) in [5, 5.41) is 6.50. The largest absolute Gasteiger partial charge is 0.326 e. The highest BCUT2D eigenvalue weighted by atomic mass is 35.5. The number of amides is 1. The summed E-state index contributed by atoms with van der Waals surface area (Å²) in [6.07, 6.45) is 5.04. The zero-order valence-electron chi connectivity index (χ0n) is 16.9. The zero-order valence-corrected chi connectivity index (χ0v) is 18.5. The van der Waals surface area contributed by atoms with E-state index in [1.54, 1.807) is 25.1 Å². The topological polar surface area (TPSA) is 78.5 Å². The number of sulfonamides is 1. The second-order valence-corrected chi connectivity index (χ2v) is 9.70. The molecule has 2 saturated heterocycles. The Morgan fingerprint density at radius 2 is 1.79 bits per heavy atom. The van der Waals surface area contributed by atoms with E-state index in [9.17, 15) is 13.2 Å². The molecule has 1 aromatic rings. The molecule has 2 aliphatic rings. The quantitative estimate of drug-likeness (QED) is 0.696. The number of carbonyl (C=O) groups is 1. The number of rotatable bonds is 7. The summed E-state index contributed by atoms with van der Waals surface area (Å²) in [5.74, 6) is 0.379. The Morgan fingerprint density at radius 1 is 1.18 bits per heavy atom. The lowest BCUT2D eigenvalue weighted by Crippen LogP contribution is -2.39. The number of aryl methyl sites for hydroxylation is 1. The highest BCUT2D eigenvalue weighted by Gasteiger charge is 2.34. The van der Waals surface area contributed by atoms with Gasteiger partial charge in [0.05, 0.1) is 4.90 Å². The Labute approximate surface area is 174 Å². The second kappa shape index (κ2) is 9.57. The Kier molecular flexibility index (Phi) is 7.90. The number of hydrogen-bond acceptors (Lipinski definition) is 4. The number of benzene rings is 1. The number of nitrogens with zero attached hydrogens (tertiary/aromatic N) is 1. The van der Waals surface area contributed by atoms with E-state index in [0.29, 0.717) is 48.8 Å². The van der Waals surface area contributed by atoms with E-state index in [2.05, 4.69) is 10.6 Å². The summed E-state index contributed by atoms with van der Waals surface area (Å²) >= 11 is 0. The van der Waals surface area contributed by atoms with Crippen LogP contribution in [0.2, 0.25) is 0 Å². The van der Waals surface area contributed by atoms with Crippen LogP contribution in [0.25, 0.3) is 0 Å². The number of carbonyl (C=O) groups excluding carboxylic acids is 1. The lowest BCUT2D eigenvalue weighted by molar-refractivity contribution is -0.117. The van der Waals surface area contributed by atoms with Gasteiger partial charge in [0.15, 0.2) is 0 Å². The predicted octanol–water partition coefficient (Wildman–Crippen LogP) is 3.31. The predicted molar refractivity (Wildman–Crippen MR) is 114 cm³/mol. The highest BCUT2D eigenvalue weighted by Crippen LogP contribution is 2.33. The molecule has 0 spiro atoms. The van der Waals surface area contributed by atoms with Crippen LogP contribution < -0.4 is 10.6 Å². The van der Waals surface area contributed by atoms with E-state index in [1.807, 2.05) is 13.8 Å². The normalized spacial score (nSPS) is 24.1. The van der Waals surface area contributed by atoms with E-state index in [4.69, 9.17) is 0 Å². The summed E-state index contributed by atoms with van der Waals surface area (Å²) in [7, 11) is -3.55. The van der Waals surface area contributed by atoms with E-state index in [-0.39, 0.29) is 23.2 Å². The molecule has 28 heavy (non-hydrogen) atoms. The molecule has 2 bridgehead atoms. The molecule has 6 nitrogen and oxygen atoms in total. The van der Waals surface area contributed by atoms with Gasteiger partial charge in [-0.2, -0.15) is 4.31 Å². The second-order valence-electron chi connectivity index (χ2n) is 7.80. The number of halogens is 1. The van der Waals surface area contributed by atoms with Gasteiger partial charge < -0.3 is 10.6 Å². The Balaban J connectivity index is 0.00000280. The fourth-order valence-electron chi connectivity index (χ4n) is 4.47. The lowest BCUT2D eigenvalue weighted by Gasteiger charge is -2.28. The number of fused-ring (bicyclic) bond motifs is 2. The van der Waals surface area contributed by atoms with Crippen LogP contribution in [0.5, 0.6) is 0 Å². The van der Waals surface area contributed by atoms with Gasteiger partial charge in [-0.3, -0.25) is 4.79 Å². The maximum Gasteiger partial charge on any atom is 0.243 e. The van der Waals surface area contributed by atoms with Gasteiger partial charge in [-0.15, -0.1) is 12.4 Å². The molecule has 2 atom stereocenters. The molecule has 2 heterocycles. The van der Waals surface area contributed by atoms with Crippen LogP contribution in [0, 0.1) is 12.8 Å². The molecule has 0 aromatic heterocycles. The maximum absolute atomic E-state index is 12.9. The third-order valence-corrected chi connectivity index (χ3v) is 8.03. The van der Waals surface area contributed by atoms with Crippen molar-refractivity contribution in [3.05, 3.63) is 23.8 Å². The Morgan fingerprint density at radius 3 is 2.36 bits per heavy atom. The van der Waals surface area contributed by atoms with Crippen molar-refractivity contribution in [3.8, 4) is 0 Å². The molecular formula is C20H32ClN3O3S. The molecule has 0 saturated carbocycles. The summed E-state index contributed by atoms with van der Waals surface area (Å²) in [4.78, 5) is 12.8. The van der Waals surface area contributed by atoms with Crippen molar-refractivity contribution in [2.75, 3.05) is 18.4 Å². The van der Waals surface area contributed by atoms with Crippen molar-refractivity contribution in [1.82, 2.24) is 9.62 Å². The summed E-state index contributed by atoms with van der Waals surface area (Å²) in [5.41, 5.74) is 1.24. The molecule has 1 amide bonds. The van der Waals surface area contributed by atoms with Gasteiger partial charge in [0.25, 0.3) is 0 Å². The molecule has 2 aliphatic heterocycles. The van der Waals surface area contributed by atoms with E-state index < -0.39 is 10.0 Å². The molecule has 158 valence electrons. The maximum atomic E-state index is 12.9. The van der Waals surface area contributed by atoms with Gasteiger partial charge in [0, 0.05) is 37.3 Å². The number of nitrogens with one attached hydrogen (secondary N) is 2. The fourth-order valence-corrected chi connectivity index (χ4v) is 6.18. The van der Waals surface area contributed by atoms with Gasteiger partial charge in [-0.1, -0.05) is 19.9 Å². The number of piperidine rings is 1. The van der Waals surface area contributed by atoms with Crippen molar-refractivity contribution >= 4 is 34.0 Å². The minimum Gasteiger partial charge on any atom is -0.326 e. The van der Waals surface area contributed by atoms with Gasteiger partial charge in [0.1, 0.15) is 0 Å². The molecule has 8 heteroatoms. The van der Waals surface area contributed by atoms with Crippen LogP contribution in [-0.4, -0.2) is 43.8 Å². The smallest absolute Gasteiger partial charge is 0.243 e. The van der Waals surface area contributed by atoms with Crippen LogP contribution in [0.1, 0.15) is 51.5 Å². The van der Waals surface area contributed by atoms with E-state index >= 15 is 0 Å². The molecule has 3 rings (SSSR count). The van der Waals surface area contributed by atoms with Gasteiger partial charge in [-0.25, -0.2) is 8.42 Å². The van der Waals surface area contributed by atoms with Crippen molar-refractivity contribution in [2.45, 2.75) is 69.9 Å². The summed E-state index contributed by atoms with van der Waals surface area (Å²) in [6, 6.07) is 6.25. The average Bonchev–Trinajstić information content (AvgIpc) is 2.95. The molecule has 2 fully saturated rings. The van der Waals surface area contributed by atoms with Gasteiger partial charge in [-0.05, 0) is 56.2 Å². The average molecular weight is 430 g/mol. The van der Waals surface area contributed by atoms with Crippen molar-refractivity contribution in [2.24, 2.45) is 5.92 Å². The van der Waals surface area contributed by atoms with Crippen molar-refractivity contribution in [1.29, 1.82) is 0 Å². The number of hydrogen-bond donors (Lipinski definition) is 2. The SMILES string of the molecule is CCN(CC)S(=O)(=O)c1cc(NC(=O)CC2CC3CCC(C2)N3)ccc1C.Cl. The molecule has 1 aromatic carbocycles. The zero-order chi connectivity index (χ0) is 19.6. The van der Waals surface area contributed by atoms with Crippen molar-refractivity contribution < 1.29 is 13.2 Å². The Hall–Kier alpha value is -1.15. The fraction of sp³-hybridized carbons (Fsp3) is 0.650. The number of anilines is 1. The van der Waals surface area contributed by atoms with Crippen molar-refractivity contribution in [3.63, 3.8) is 0 Å². The first-order valence-electron chi connectivity index (χ1n) is 10.00. The molecule has 2 N–H and O–H groups in total. The van der Waals surface area contributed by atoms with Gasteiger partial charge >= 0.3 is 0 Å². The van der Waals surface area contributed by atoms with E-state index in [0.717, 1.165) is 12.8 Å². The molecule has 0 radical (unpaired) electrons. The van der Waals surface area contributed by atoms with Crippen LogP contribution >= 0.6 is 12.4 Å². The minimum atomic E-state index is -3.55. The monoisotopic (exact) mass is 429 g/mol. The van der Waals surface area contributed by atoms with Crippen LogP contribution in [0.15, 0.2) is 23.1 Å². The minimum absolute atomic E-state index is 0. The molecule has 0 aliphatic carbocycles.